The molecule has 0 saturated carbocycles. The van der Waals surface area contributed by atoms with Gasteiger partial charge in [-0.05, 0) is 30.7 Å². The first-order valence-electron chi connectivity index (χ1n) is 4.99. The van der Waals surface area contributed by atoms with E-state index in [1.807, 2.05) is 0 Å². The molecule has 1 aromatic rings. The molecule has 0 spiro atoms. The number of alkyl halides is 3. The van der Waals surface area contributed by atoms with E-state index in [-0.39, 0.29) is 11.1 Å². The van der Waals surface area contributed by atoms with Crippen LogP contribution in [0.1, 0.15) is 22.8 Å². The quantitative estimate of drug-likeness (QED) is 0.860. The van der Waals surface area contributed by atoms with Crippen LogP contribution in [-0.4, -0.2) is 23.8 Å². The molecule has 0 saturated heterocycles. The number of hydrogen-bond acceptors (Lipinski definition) is 2. The minimum absolute atomic E-state index is 0.0617. The van der Waals surface area contributed by atoms with Crippen molar-refractivity contribution in [2.45, 2.75) is 19.5 Å². The molecule has 2 N–H and O–H groups in total. The van der Waals surface area contributed by atoms with E-state index in [1.165, 1.54) is 12.1 Å². The van der Waals surface area contributed by atoms with Crippen molar-refractivity contribution in [2.75, 3.05) is 11.9 Å². The lowest BCUT2D eigenvalue weighted by Gasteiger charge is -2.10. The Kier molecular flexibility index (Phi) is 3.98. The molecule has 0 fully saturated rings. The van der Waals surface area contributed by atoms with E-state index in [0.29, 0.717) is 12.2 Å². The van der Waals surface area contributed by atoms with Crippen LogP contribution in [0.2, 0.25) is 0 Å². The van der Waals surface area contributed by atoms with Gasteiger partial charge in [-0.25, -0.2) is 4.79 Å². The molecule has 0 atom stereocenters. The maximum atomic E-state index is 12.2. The van der Waals surface area contributed by atoms with E-state index < -0.39 is 18.6 Å². The smallest absolute Gasteiger partial charge is 0.393 e. The van der Waals surface area contributed by atoms with Gasteiger partial charge in [0.2, 0.25) is 0 Å². The van der Waals surface area contributed by atoms with Gasteiger partial charge in [0, 0.05) is 12.2 Å². The Labute approximate surface area is 96.3 Å². The van der Waals surface area contributed by atoms with Gasteiger partial charge < -0.3 is 10.4 Å². The van der Waals surface area contributed by atoms with Gasteiger partial charge in [-0.3, -0.25) is 0 Å². The zero-order valence-corrected chi connectivity index (χ0v) is 9.14. The second-order valence-corrected chi connectivity index (χ2v) is 3.55. The normalized spacial score (nSPS) is 11.3. The average Bonchev–Trinajstić information content (AvgIpc) is 2.14. The third-order valence-electron chi connectivity index (χ3n) is 2.03. The van der Waals surface area contributed by atoms with Gasteiger partial charge in [0.25, 0.3) is 0 Å². The zero-order valence-electron chi connectivity index (χ0n) is 9.14. The summed E-state index contributed by atoms with van der Waals surface area (Å²) in [5.74, 6) is -1.24. The van der Waals surface area contributed by atoms with Gasteiger partial charge >= 0.3 is 12.1 Å². The predicted octanol–water partition coefficient (Wildman–Crippen LogP) is 2.92. The Morgan fingerprint density at radius 1 is 1.35 bits per heavy atom. The summed E-state index contributed by atoms with van der Waals surface area (Å²) in [5.41, 5.74) is 0.169. The Bertz CT molecular complexity index is 416. The predicted molar refractivity (Wildman–Crippen MR) is 57.3 cm³/mol. The number of anilines is 1. The van der Waals surface area contributed by atoms with Crippen molar-refractivity contribution in [2.24, 2.45) is 0 Å². The summed E-state index contributed by atoms with van der Waals surface area (Å²) in [6.07, 6.45) is -5.48. The van der Waals surface area contributed by atoms with Gasteiger partial charge in [-0.2, -0.15) is 13.2 Å². The molecule has 3 nitrogen and oxygen atoms in total. The highest BCUT2D eigenvalue weighted by Gasteiger charge is 2.28. The van der Waals surface area contributed by atoms with Crippen molar-refractivity contribution < 1.29 is 23.1 Å². The van der Waals surface area contributed by atoms with Crippen molar-refractivity contribution in [3.8, 4) is 0 Å². The Morgan fingerprint density at radius 2 is 2.00 bits per heavy atom. The van der Waals surface area contributed by atoms with E-state index in [9.17, 15) is 18.0 Å². The highest BCUT2D eigenvalue weighted by Crippen LogP contribution is 2.24. The second-order valence-electron chi connectivity index (χ2n) is 3.55. The topological polar surface area (TPSA) is 49.3 Å². The zero-order chi connectivity index (χ0) is 13.1. The number of nitrogens with one attached hydrogen (secondary N) is 1. The van der Waals surface area contributed by atoms with Crippen molar-refractivity contribution in [3.05, 3.63) is 29.3 Å². The maximum absolute atomic E-state index is 12.2. The number of carboxylic acid groups (broad SMARTS) is 1. The number of aromatic carboxylic acids is 1. The van der Waals surface area contributed by atoms with Crippen LogP contribution in [0.3, 0.4) is 0 Å². The molecule has 0 unspecified atom stereocenters. The van der Waals surface area contributed by atoms with Crippen LogP contribution < -0.4 is 5.32 Å². The molecule has 0 heterocycles. The standard InChI is InChI=1S/C11H12F3NO2/c1-2-15-9-4-7(6-11(12,13)14)3-8(5-9)10(16)17/h3-5,15H,2,6H2,1H3,(H,16,17). The lowest BCUT2D eigenvalue weighted by atomic mass is 10.1. The Hall–Kier alpha value is -1.72. The minimum Gasteiger partial charge on any atom is -0.478 e. The van der Waals surface area contributed by atoms with Gasteiger partial charge in [0.1, 0.15) is 0 Å². The molecule has 6 heteroatoms. The number of hydrogen-bond donors (Lipinski definition) is 2. The molecule has 0 bridgehead atoms. The third-order valence-corrected chi connectivity index (χ3v) is 2.03. The number of benzene rings is 1. The highest BCUT2D eigenvalue weighted by molar-refractivity contribution is 5.89. The van der Waals surface area contributed by atoms with Gasteiger partial charge in [0.05, 0.1) is 12.0 Å². The number of carbonyl (C=O) groups is 1. The molecule has 0 amide bonds. The molecule has 0 aromatic heterocycles. The van der Waals surface area contributed by atoms with E-state index >= 15 is 0 Å². The highest BCUT2D eigenvalue weighted by atomic mass is 19.4. The minimum atomic E-state index is -4.35. The van der Waals surface area contributed by atoms with Crippen molar-refractivity contribution in [3.63, 3.8) is 0 Å². The molecule has 0 aliphatic rings. The molecular formula is C11H12F3NO2. The summed E-state index contributed by atoms with van der Waals surface area (Å²) in [6, 6.07) is 3.66. The van der Waals surface area contributed by atoms with Crippen molar-refractivity contribution >= 4 is 11.7 Å². The first-order chi connectivity index (χ1) is 7.81. The first-order valence-corrected chi connectivity index (χ1v) is 4.99. The summed E-state index contributed by atoms with van der Waals surface area (Å²) >= 11 is 0. The van der Waals surface area contributed by atoms with Gasteiger partial charge in [-0.1, -0.05) is 0 Å². The molecule has 1 rings (SSSR count). The number of carboxylic acids is 1. The van der Waals surface area contributed by atoms with E-state index in [4.69, 9.17) is 5.11 Å². The lowest BCUT2D eigenvalue weighted by Crippen LogP contribution is -2.13. The fraction of sp³-hybridized carbons (Fsp3) is 0.364. The molecule has 1 aromatic carbocycles. The van der Waals surface area contributed by atoms with Crippen LogP contribution in [0.15, 0.2) is 18.2 Å². The summed E-state index contributed by atoms with van der Waals surface area (Å²) in [7, 11) is 0. The van der Waals surface area contributed by atoms with Crippen LogP contribution in [0, 0.1) is 0 Å². The summed E-state index contributed by atoms with van der Waals surface area (Å²) in [5, 5.41) is 11.6. The second kappa shape index (κ2) is 5.07. The van der Waals surface area contributed by atoms with Crippen LogP contribution in [0.25, 0.3) is 0 Å². The molecule has 0 aliphatic heterocycles. The monoisotopic (exact) mass is 247 g/mol. The van der Waals surface area contributed by atoms with Gasteiger partial charge in [-0.15, -0.1) is 0 Å². The summed E-state index contributed by atoms with van der Waals surface area (Å²) in [4.78, 5) is 10.8. The molecule has 0 radical (unpaired) electrons. The van der Waals surface area contributed by atoms with Crippen LogP contribution in [0.4, 0.5) is 18.9 Å². The Balaban J connectivity index is 3.07. The molecule has 94 valence electrons. The largest absolute Gasteiger partial charge is 0.478 e. The average molecular weight is 247 g/mol. The SMILES string of the molecule is CCNc1cc(CC(F)(F)F)cc(C(=O)O)c1. The number of rotatable bonds is 4. The van der Waals surface area contributed by atoms with E-state index in [2.05, 4.69) is 5.32 Å². The van der Waals surface area contributed by atoms with Crippen LogP contribution in [0.5, 0.6) is 0 Å². The first kappa shape index (κ1) is 13.3. The molecule has 17 heavy (non-hydrogen) atoms. The molecule has 0 aliphatic carbocycles. The molecular weight excluding hydrogens is 235 g/mol. The third kappa shape index (κ3) is 4.34. The van der Waals surface area contributed by atoms with E-state index in [1.54, 1.807) is 6.92 Å². The van der Waals surface area contributed by atoms with Crippen molar-refractivity contribution in [1.82, 2.24) is 0 Å². The summed E-state index contributed by atoms with van der Waals surface area (Å²) in [6.45, 7) is 2.28. The van der Waals surface area contributed by atoms with Gasteiger partial charge in [0.15, 0.2) is 0 Å². The fourth-order valence-electron chi connectivity index (χ4n) is 1.46. The lowest BCUT2D eigenvalue weighted by molar-refractivity contribution is -0.127. The summed E-state index contributed by atoms with van der Waals surface area (Å²) < 4.78 is 36.7. The maximum Gasteiger partial charge on any atom is 0.393 e. The number of halogens is 3. The van der Waals surface area contributed by atoms with Crippen LogP contribution in [-0.2, 0) is 6.42 Å². The Morgan fingerprint density at radius 3 is 2.47 bits per heavy atom. The van der Waals surface area contributed by atoms with Crippen molar-refractivity contribution in [1.29, 1.82) is 0 Å². The van der Waals surface area contributed by atoms with Crippen LogP contribution >= 0.6 is 0 Å². The van der Waals surface area contributed by atoms with E-state index in [0.717, 1.165) is 6.07 Å². The fourth-order valence-corrected chi connectivity index (χ4v) is 1.46.